The maximum absolute atomic E-state index is 13.6. The molecule has 0 spiro atoms. The summed E-state index contributed by atoms with van der Waals surface area (Å²) in [5.41, 5.74) is 1.16. The third-order valence-corrected chi connectivity index (χ3v) is 2.45. The molecule has 0 radical (unpaired) electrons. The molecule has 0 aliphatic heterocycles. The number of nitrogens with one attached hydrogen (secondary N) is 1. The summed E-state index contributed by atoms with van der Waals surface area (Å²) in [6.45, 7) is 0. The van der Waals surface area contributed by atoms with E-state index in [0.29, 0.717) is 11.4 Å². The molecule has 0 bridgehead atoms. The minimum absolute atomic E-state index is 0.00765. The summed E-state index contributed by atoms with van der Waals surface area (Å²) in [5.74, 6) is -1.88. The van der Waals surface area contributed by atoms with Crippen molar-refractivity contribution in [2.24, 2.45) is 0 Å². The first-order valence-electron chi connectivity index (χ1n) is 5.12. The molecule has 0 aliphatic rings. The lowest BCUT2D eigenvalue weighted by Crippen LogP contribution is -2.00. The molecule has 3 rings (SSSR count). The van der Waals surface area contributed by atoms with Crippen molar-refractivity contribution in [1.29, 1.82) is 0 Å². The number of hydrogen-bond acceptors (Lipinski definition) is 3. The lowest BCUT2D eigenvalue weighted by atomic mass is 10.3. The number of aromatic amines is 1. The van der Waals surface area contributed by atoms with E-state index in [2.05, 4.69) is 20.5 Å². The minimum atomic E-state index is -0.960. The molecule has 0 unspecified atom stereocenters. The zero-order valence-electron chi connectivity index (χ0n) is 9.01. The number of H-pyrrole nitrogens is 1. The van der Waals surface area contributed by atoms with Gasteiger partial charge in [-0.3, -0.25) is 5.10 Å². The van der Waals surface area contributed by atoms with Gasteiger partial charge in [0, 0.05) is 6.20 Å². The van der Waals surface area contributed by atoms with Crippen molar-refractivity contribution in [2.45, 2.75) is 0 Å². The van der Waals surface area contributed by atoms with Gasteiger partial charge < -0.3 is 0 Å². The van der Waals surface area contributed by atoms with Gasteiger partial charge in [0.15, 0.2) is 11.6 Å². The van der Waals surface area contributed by atoms with Gasteiger partial charge in [0.2, 0.25) is 0 Å². The van der Waals surface area contributed by atoms with Crippen LogP contribution in [0.4, 0.5) is 8.78 Å². The number of halogens is 2. The van der Waals surface area contributed by atoms with Crippen LogP contribution >= 0.6 is 0 Å². The largest absolute Gasteiger partial charge is 0.276 e. The first-order valence-corrected chi connectivity index (χ1v) is 5.12. The van der Waals surface area contributed by atoms with Gasteiger partial charge in [-0.25, -0.2) is 13.5 Å². The summed E-state index contributed by atoms with van der Waals surface area (Å²) < 4.78 is 27.8. The molecule has 0 atom stereocenters. The average molecular weight is 247 g/mol. The van der Waals surface area contributed by atoms with Crippen molar-refractivity contribution >= 4 is 0 Å². The number of nitrogens with zero attached hydrogens (tertiary/aromatic N) is 4. The Morgan fingerprint density at radius 2 is 2.06 bits per heavy atom. The van der Waals surface area contributed by atoms with Crippen molar-refractivity contribution < 1.29 is 8.78 Å². The van der Waals surface area contributed by atoms with E-state index in [1.54, 1.807) is 12.3 Å². The fourth-order valence-electron chi connectivity index (χ4n) is 1.57. The summed E-state index contributed by atoms with van der Waals surface area (Å²) >= 11 is 0. The van der Waals surface area contributed by atoms with Gasteiger partial charge in [-0.15, -0.1) is 5.10 Å². The Bertz CT molecular complexity index is 675. The van der Waals surface area contributed by atoms with Crippen LogP contribution in [0.15, 0.2) is 36.7 Å². The molecule has 2 heterocycles. The second-order valence-corrected chi connectivity index (χ2v) is 3.59. The van der Waals surface area contributed by atoms with E-state index in [9.17, 15) is 8.78 Å². The van der Waals surface area contributed by atoms with E-state index in [4.69, 9.17) is 0 Å². The lowest BCUT2D eigenvalue weighted by Gasteiger charge is -2.01. The minimum Gasteiger partial charge on any atom is -0.276 e. The Hall–Kier alpha value is -2.57. The van der Waals surface area contributed by atoms with Crippen LogP contribution in [0.1, 0.15) is 0 Å². The van der Waals surface area contributed by atoms with E-state index in [1.165, 1.54) is 23.0 Å². The van der Waals surface area contributed by atoms with Crippen molar-refractivity contribution in [2.75, 3.05) is 0 Å². The van der Waals surface area contributed by atoms with E-state index in [-0.39, 0.29) is 5.69 Å². The molecule has 5 nitrogen and oxygen atoms in total. The normalized spacial score (nSPS) is 10.8. The Balaban J connectivity index is 2.06. The molecular weight excluding hydrogens is 240 g/mol. The molecule has 0 fully saturated rings. The van der Waals surface area contributed by atoms with Gasteiger partial charge in [0.05, 0.1) is 11.9 Å². The van der Waals surface area contributed by atoms with Crippen LogP contribution in [0, 0.1) is 11.6 Å². The van der Waals surface area contributed by atoms with Crippen LogP contribution in [-0.4, -0.2) is 25.2 Å². The van der Waals surface area contributed by atoms with Gasteiger partial charge >= 0.3 is 0 Å². The zero-order valence-corrected chi connectivity index (χ0v) is 9.01. The fourth-order valence-corrected chi connectivity index (χ4v) is 1.57. The van der Waals surface area contributed by atoms with Crippen LogP contribution < -0.4 is 0 Å². The molecule has 90 valence electrons. The number of rotatable bonds is 2. The summed E-state index contributed by atoms with van der Waals surface area (Å²) in [7, 11) is 0. The average Bonchev–Trinajstić information content (AvgIpc) is 3.01. The van der Waals surface area contributed by atoms with Crippen LogP contribution in [0.5, 0.6) is 0 Å². The summed E-state index contributed by atoms with van der Waals surface area (Å²) in [5, 5.41) is 14.1. The number of hydrogen-bond donors (Lipinski definition) is 1. The lowest BCUT2D eigenvalue weighted by molar-refractivity contribution is 0.500. The molecular formula is C11H7F2N5. The first kappa shape index (κ1) is 10.6. The molecule has 3 aromatic rings. The smallest absolute Gasteiger partial charge is 0.184 e. The summed E-state index contributed by atoms with van der Waals surface area (Å²) in [4.78, 5) is 0. The second-order valence-electron chi connectivity index (χ2n) is 3.59. The third kappa shape index (κ3) is 1.65. The van der Waals surface area contributed by atoms with Gasteiger partial charge in [-0.2, -0.15) is 5.10 Å². The van der Waals surface area contributed by atoms with E-state index >= 15 is 0 Å². The van der Waals surface area contributed by atoms with E-state index < -0.39 is 11.6 Å². The highest BCUT2D eigenvalue weighted by atomic mass is 19.2. The van der Waals surface area contributed by atoms with Gasteiger partial charge in [0.25, 0.3) is 0 Å². The maximum Gasteiger partial charge on any atom is 0.184 e. The highest BCUT2D eigenvalue weighted by molar-refractivity contribution is 5.52. The maximum atomic E-state index is 13.6. The van der Waals surface area contributed by atoms with E-state index in [0.717, 1.165) is 6.07 Å². The van der Waals surface area contributed by atoms with Crippen LogP contribution in [0.2, 0.25) is 0 Å². The number of benzene rings is 1. The van der Waals surface area contributed by atoms with E-state index in [1.807, 2.05) is 0 Å². The van der Waals surface area contributed by atoms with Crippen LogP contribution in [0.3, 0.4) is 0 Å². The Labute approximate surface area is 100 Å². The topological polar surface area (TPSA) is 59.4 Å². The zero-order chi connectivity index (χ0) is 12.5. The van der Waals surface area contributed by atoms with Crippen LogP contribution in [-0.2, 0) is 0 Å². The molecule has 18 heavy (non-hydrogen) atoms. The molecule has 1 aromatic carbocycles. The van der Waals surface area contributed by atoms with Gasteiger partial charge in [-0.1, -0.05) is 11.3 Å². The highest BCUT2D eigenvalue weighted by Crippen LogP contribution is 2.18. The summed E-state index contributed by atoms with van der Waals surface area (Å²) in [6, 6.07) is 5.58. The van der Waals surface area contributed by atoms with Gasteiger partial charge in [0.1, 0.15) is 11.4 Å². The Morgan fingerprint density at radius 1 is 1.17 bits per heavy atom. The van der Waals surface area contributed by atoms with Crippen molar-refractivity contribution in [3.05, 3.63) is 48.3 Å². The van der Waals surface area contributed by atoms with Crippen molar-refractivity contribution in [3.8, 4) is 17.1 Å². The van der Waals surface area contributed by atoms with Crippen molar-refractivity contribution in [3.63, 3.8) is 0 Å². The molecule has 0 amide bonds. The van der Waals surface area contributed by atoms with Gasteiger partial charge in [-0.05, 0) is 18.2 Å². The quantitative estimate of drug-likeness (QED) is 0.752. The second kappa shape index (κ2) is 4.02. The highest BCUT2D eigenvalue weighted by Gasteiger charge is 2.12. The van der Waals surface area contributed by atoms with Crippen molar-refractivity contribution in [1.82, 2.24) is 25.2 Å². The Morgan fingerprint density at radius 3 is 2.83 bits per heavy atom. The molecule has 1 N–H and O–H groups in total. The van der Waals surface area contributed by atoms with Crippen LogP contribution in [0.25, 0.3) is 17.1 Å². The first-order chi connectivity index (χ1) is 8.75. The number of aromatic nitrogens is 5. The molecule has 0 saturated carbocycles. The SMILES string of the molecule is Fc1cccc(-n2cc(-c3ccn[nH]3)nn2)c1F. The fraction of sp³-hybridized carbons (Fsp3) is 0. The standard InChI is InChI=1S/C11H7F2N5/c12-7-2-1-3-10(11(7)13)18-6-9(16-17-18)8-4-5-14-15-8/h1-6H,(H,14,15). The molecule has 0 aliphatic carbocycles. The monoisotopic (exact) mass is 247 g/mol. The molecule has 0 saturated heterocycles. The molecule has 2 aromatic heterocycles. The molecule has 7 heteroatoms. The predicted molar refractivity (Wildman–Crippen MR) is 58.9 cm³/mol. The third-order valence-electron chi connectivity index (χ3n) is 2.45. The predicted octanol–water partition coefficient (Wildman–Crippen LogP) is 1.94. The summed E-state index contributed by atoms with van der Waals surface area (Å²) in [6.07, 6.45) is 3.06. The Kier molecular flexibility index (Phi) is 2.36.